The lowest BCUT2D eigenvalue weighted by molar-refractivity contribution is -0.133. The Bertz CT molecular complexity index is 1280. The van der Waals surface area contributed by atoms with Crippen molar-refractivity contribution in [3.05, 3.63) is 48.8 Å². The number of amides is 1. The Kier molecular flexibility index (Phi) is 6.02. The summed E-state index contributed by atoms with van der Waals surface area (Å²) in [4.78, 5) is 21.9. The van der Waals surface area contributed by atoms with Gasteiger partial charge in [-0.15, -0.1) is 0 Å². The lowest BCUT2D eigenvalue weighted by Gasteiger charge is -2.36. The predicted octanol–water partition coefficient (Wildman–Crippen LogP) is 2.95. The van der Waals surface area contributed by atoms with Crippen LogP contribution in [0.15, 0.2) is 48.8 Å². The van der Waals surface area contributed by atoms with Gasteiger partial charge in [0.1, 0.15) is 0 Å². The van der Waals surface area contributed by atoms with Crippen LogP contribution in [-0.2, 0) is 4.79 Å². The van der Waals surface area contributed by atoms with E-state index in [1.165, 1.54) is 11.3 Å². The van der Waals surface area contributed by atoms with Crippen LogP contribution < -0.4 is 9.80 Å². The Hall–Kier alpha value is -3.57. The number of nitrogens with zero attached hydrogens (tertiary/aromatic N) is 7. The Balaban J connectivity index is 1.15. The van der Waals surface area contributed by atoms with E-state index in [4.69, 9.17) is 5.26 Å². The minimum atomic E-state index is -0.0743. The minimum absolute atomic E-state index is 0.0742. The van der Waals surface area contributed by atoms with E-state index < -0.39 is 0 Å². The molecule has 3 aliphatic rings. The maximum absolute atomic E-state index is 12.6. The van der Waals surface area contributed by atoms with Crippen molar-refractivity contribution in [2.75, 3.05) is 68.7 Å². The second kappa shape index (κ2) is 9.47. The van der Waals surface area contributed by atoms with Crippen LogP contribution in [0.5, 0.6) is 0 Å². The molecule has 2 saturated heterocycles. The zero-order valence-corrected chi connectivity index (χ0v) is 20.9. The van der Waals surface area contributed by atoms with E-state index in [9.17, 15) is 4.79 Å². The molecule has 1 aliphatic carbocycles. The zero-order valence-electron chi connectivity index (χ0n) is 20.9. The van der Waals surface area contributed by atoms with Gasteiger partial charge in [-0.25, -0.2) is 4.52 Å². The standard InChI is InChI=1S/C28H33N7O/c1-2-31-9-11-32(12-10-31)24-5-3-21(4-6-24)23-18-27-26(7-8-30-35(27)20-23)33-13-15-34(16-14-33)28(36)25-17-22(25)19-29/h3-8,18,20,22,25H,2,9-17H2,1H3/t22-,25+/m1/s1. The van der Waals surface area contributed by atoms with E-state index in [1.54, 1.807) is 0 Å². The van der Waals surface area contributed by atoms with Crippen LogP contribution in [0.25, 0.3) is 16.6 Å². The van der Waals surface area contributed by atoms with Gasteiger partial charge in [-0.2, -0.15) is 10.4 Å². The van der Waals surface area contributed by atoms with Crippen molar-refractivity contribution in [3.8, 4) is 17.2 Å². The maximum Gasteiger partial charge on any atom is 0.227 e. The number of benzene rings is 1. The summed E-state index contributed by atoms with van der Waals surface area (Å²) in [7, 11) is 0. The van der Waals surface area contributed by atoms with Crippen molar-refractivity contribution in [1.82, 2.24) is 19.4 Å². The molecule has 8 nitrogen and oxygen atoms in total. The number of hydrogen-bond donors (Lipinski definition) is 0. The van der Waals surface area contributed by atoms with Crippen LogP contribution in [0.2, 0.25) is 0 Å². The normalized spacial score (nSPS) is 22.6. The summed E-state index contributed by atoms with van der Waals surface area (Å²) < 4.78 is 1.96. The molecule has 36 heavy (non-hydrogen) atoms. The van der Waals surface area contributed by atoms with Crippen LogP contribution in [0.1, 0.15) is 13.3 Å². The average molecular weight is 484 g/mol. The third-order valence-electron chi connectivity index (χ3n) is 8.08. The Morgan fingerprint density at radius 2 is 1.69 bits per heavy atom. The van der Waals surface area contributed by atoms with Crippen molar-refractivity contribution >= 4 is 22.8 Å². The van der Waals surface area contributed by atoms with Gasteiger partial charge in [0, 0.05) is 76.0 Å². The molecule has 2 aliphatic heterocycles. The first kappa shape index (κ1) is 22.9. The van der Waals surface area contributed by atoms with E-state index in [0.717, 1.165) is 69.0 Å². The van der Waals surface area contributed by atoms with Gasteiger partial charge in [-0.1, -0.05) is 19.1 Å². The molecule has 2 atom stereocenters. The summed E-state index contributed by atoms with van der Waals surface area (Å²) in [6.45, 7) is 10.7. The highest BCUT2D eigenvalue weighted by atomic mass is 16.2. The zero-order chi connectivity index (χ0) is 24.6. The average Bonchev–Trinajstić information content (AvgIpc) is 3.61. The molecule has 186 valence electrons. The molecule has 3 aromatic rings. The Morgan fingerprint density at radius 3 is 2.36 bits per heavy atom. The highest BCUT2D eigenvalue weighted by molar-refractivity contribution is 5.83. The molecular weight excluding hydrogens is 450 g/mol. The Morgan fingerprint density at radius 1 is 0.972 bits per heavy atom. The van der Waals surface area contributed by atoms with E-state index in [1.807, 2.05) is 15.6 Å². The second-order valence-corrected chi connectivity index (χ2v) is 10.1. The monoisotopic (exact) mass is 483 g/mol. The number of piperazine rings is 2. The fraction of sp³-hybridized carbons (Fsp3) is 0.464. The molecule has 0 bridgehead atoms. The third-order valence-corrected chi connectivity index (χ3v) is 8.08. The molecule has 2 aromatic heterocycles. The van der Waals surface area contributed by atoms with Crippen LogP contribution >= 0.6 is 0 Å². The van der Waals surface area contributed by atoms with Gasteiger partial charge in [-0.05, 0) is 42.8 Å². The summed E-state index contributed by atoms with van der Waals surface area (Å²) in [5, 5.41) is 13.6. The van der Waals surface area contributed by atoms with E-state index in [-0.39, 0.29) is 17.7 Å². The molecule has 0 spiro atoms. The van der Waals surface area contributed by atoms with Crippen molar-refractivity contribution < 1.29 is 4.79 Å². The maximum atomic E-state index is 12.6. The number of carbonyl (C=O) groups is 1. The van der Waals surface area contributed by atoms with Gasteiger partial charge < -0.3 is 19.6 Å². The molecule has 1 saturated carbocycles. The fourth-order valence-corrected chi connectivity index (χ4v) is 5.63. The molecule has 3 fully saturated rings. The van der Waals surface area contributed by atoms with E-state index in [0.29, 0.717) is 13.1 Å². The number of hydrogen-bond acceptors (Lipinski definition) is 6. The molecular formula is C28H33N7O. The van der Waals surface area contributed by atoms with Crippen LogP contribution in [-0.4, -0.2) is 84.2 Å². The quantitative estimate of drug-likeness (QED) is 0.556. The smallest absolute Gasteiger partial charge is 0.227 e. The first-order valence-corrected chi connectivity index (χ1v) is 13.1. The molecule has 8 heteroatoms. The summed E-state index contributed by atoms with van der Waals surface area (Å²) >= 11 is 0. The number of likely N-dealkylation sites (N-methyl/N-ethyl adjacent to an activating group) is 1. The van der Waals surface area contributed by atoms with E-state index in [2.05, 4.69) is 75.4 Å². The topological polar surface area (TPSA) is 71.1 Å². The molecule has 4 heterocycles. The molecule has 0 unspecified atom stereocenters. The largest absolute Gasteiger partial charge is 0.369 e. The first-order chi connectivity index (χ1) is 17.6. The van der Waals surface area contributed by atoms with Gasteiger partial charge >= 0.3 is 0 Å². The summed E-state index contributed by atoms with van der Waals surface area (Å²) in [6.07, 6.45) is 4.68. The van der Waals surface area contributed by atoms with Crippen LogP contribution in [0, 0.1) is 23.2 Å². The van der Waals surface area contributed by atoms with Gasteiger partial charge in [0.05, 0.1) is 29.1 Å². The number of anilines is 2. The second-order valence-electron chi connectivity index (χ2n) is 10.1. The first-order valence-electron chi connectivity index (χ1n) is 13.1. The van der Waals surface area contributed by atoms with Gasteiger partial charge in [-0.3, -0.25) is 4.79 Å². The summed E-state index contributed by atoms with van der Waals surface area (Å²) in [5.41, 5.74) is 5.86. The van der Waals surface area contributed by atoms with Crippen LogP contribution in [0.4, 0.5) is 11.4 Å². The predicted molar refractivity (Wildman–Crippen MR) is 141 cm³/mol. The lowest BCUT2D eigenvalue weighted by Crippen LogP contribution is -2.49. The number of nitriles is 1. The van der Waals surface area contributed by atoms with Crippen molar-refractivity contribution in [3.63, 3.8) is 0 Å². The SMILES string of the molecule is CCN1CCN(c2ccc(-c3cc4c(N5CCN(C(=O)[C@H]6C[C@@H]6C#N)CC5)ccnn4c3)cc2)CC1. The number of fused-ring (bicyclic) bond motifs is 1. The number of aromatic nitrogens is 2. The van der Waals surface area contributed by atoms with Crippen LogP contribution in [0.3, 0.4) is 0 Å². The van der Waals surface area contributed by atoms with Crippen molar-refractivity contribution in [2.24, 2.45) is 11.8 Å². The lowest BCUT2D eigenvalue weighted by atomic mass is 10.1. The summed E-state index contributed by atoms with van der Waals surface area (Å²) in [6, 6.07) is 15.4. The van der Waals surface area contributed by atoms with Gasteiger partial charge in [0.25, 0.3) is 0 Å². The number of carbonyl (C=O) groups excluding carboxylic acids is 1. The van der Waals surface area contributed by atoms with Gasteiger partial charge in [0.2, 0.25) is 5.91 Å². The fourth-order valence-electron chi connectivity index (χ4n) is 5.63. The van der Waals surface area contributed by atoms with Crippen molar-refractivity contribution in [1.29, 1.82) is 5.26 Å². The molecule has 1 aromatic carbocycles. The Labute approximate surface area is 212 Å². The van der Waals surface area contributed by atoms with Crippen molar-refractivity contribution in [2.45, 2.75) is 13.3 Å². The van der Waals surface area contributed by atoms with E-state index >= 15 is 0 Å². The molecule has 1 amide bonds. The third kappa shape index (κ3) is 4.28. The highest BCUT2D eigenvalue weighted by Crippen LogP contribution is 2.39. The highest BCUT2D eigenvalue weighted by Gasteiger charge is 2.45. The molecule has 0 N–H and O–H groups in total. The number of rotatable bonds is 5. The van der Waals surface area contributed by atoms with Gasteiger partial charge in [0.15, 0.2) is 0 Å². The minimum Gasteiger partial charge on any atom is -0.369 e. The molecule has 6 rings (SSSR count). The molecule has 0 radical (unpaired) electrons. The summed E-state index contributed by atoms with van der Waals surface area (Å²) in [5.74, 6) is 0.00581.